The molecule has 1 aromatic heterocycles. The molecular formula is C21H22N2O3. The summed E-state index contributed by atoms with van der Waals surface area (Å²) in [5, 5.41) is 6.46. The van der Waals surface area contributed by atoms with Crippen LogP contribution in [-0.4, -0.2) is 18.9 Å². The Hall–Kier alpha value is -3.08. The van der Waals surface area contributed by atoms with Crippen molar-refractivity contribution in [1.82, 2.24) is 5.32 Å². The maximum absolute atomic E-state index is 12.8. The first kappa shape index (κ1) is 17.7. The first-order valence-electron chi connectivity index (χ1n) is 8.47. The number of anilines is 1. The third kappa shape index (κ3) is 2.96. The molecule has 5 nitrogen and oxygen atoms in total. The van der Waals surface area contributed by atoms with Crippen LogP contribution in [0.2, 0.25) is 0 Å². The van der Waals surface area contributed by atoms with Crippen molar-refractivity contribution >= 4 is 28.5 Å². The standard InChI is InChI=1S/C21H22N2O3/c1-11-6-7-12(2)18-17(11)14(4)19(26-18)21(25)23-16-9-8-15(10-13(16)3)20(24)22-5/h6-10H,1-5H3,(H,22,24)(H,23,25). The van der Waals surface area contributed by atoms with Gasteiger partial charge in [0.1, 0.15) is 5.58 Å². The van der Waals surface area contributed by atoms with Crippen molar-refractivity contribution in [2.75, 3.05) is 12.4 Å². The first-order valence-corrected chi connectivity index (χ1v) is 8.47. The molecule has 0 bridgehead atoms. The topological polar surface area (TPSA) is 71.3 Å². The maximum atomic E-state index is 12.8. The van der Waals surface area contributed by atoms with Crippen LogP contribution in [0.5, 0.6) is 0 Å². The maximum Gasteiger partial charge on any atom is 0.291 e. The van der Waals surface area contributed by atoms with E-state index >= 15 is 0 Å². The molecule has 134 valence electrons. The Morgan fingerprint density at radius 1 is 0.885 bits per heavy atom. The van der Waals surface area contributed by atoms with Crippen LogP contribution >= 0.6 is 0 Å². The average molecular weight is 350 g/mol. The van der Waals surface area contributed by atoms with Crippen molar-refractivity contribution in [1.29, 1.82) is 0 Å². The summed E-state index contributed by atoms with van der Waals surface area (Å²) in [6, 6.07) is 9.18. The Kier molecular flexibility index (Phi) is 4.55. The van der Waals surface area contributed by atoms with Gasteiger partial charge in [-0.25, -0.2) is 0 Å². The van der Waals surface area contributed by atoms with Crippen LogP contribution < -0.4 is 10.6 Å². The van der Waals surface area contributed by atoms with E-state index in [1.807, 2.05) is 39.8 Å². The Bertz CT molecular complexity index is 1030. The van der Waals surface area contributed by atoms with Crippen molar-refractivity contribution in [2.45, 2.75) is 27.7 Å². The van der Waals surface area contributed by atoms with Crippen LogP contribution in [-0.2, 0) is 0 Å². The van der Waals surface area contributed by atoms with Crippen molar-refractivity contribution in [3.63, 3.8) is 0 Å². The van der Waals surface area contributed by atoms with Crippen molar-refractivity contribution in [3.05, 3.63) is 63.9 Å². The van der Waals surface area contributed by atoms with E-state index in [-0.39, 0.29) is 11.8 Å². The minimum absolute atomic E-state index is 0.162. The molecule has 0 aliphatic carbocycles. The smallest absolute Gasteiger partial charge is 0.291 e. The van der Waals surface area contributed by atoms with Gasteiger partial charge < -0.3 is 15.1 Å². The van der Waals surface area contributed by atoms with E-state index in [0.717, 1.165) is 33.2 Å². The number of amides is 2. The van der Waals surface area contributed by atoms with E-state index < -0.39 is 0 Å². The summed E-state index contributed by atoms with van der Waals surface area (Å²) in [6.45, 7) is 7.72. The number of hydrogen-bond donors (Lipinski definition) is 2. The Labute approximate surface area is 152 Å². The highest BCUT2D eigenvalue weighted by molar-refractivity contribution is 6.07. The number of nitrogens with one attached hydrogen (secondary N) is 2. The molecule has 0 saturated carbocycles. The van der Waals surface area contributed by atoms with Crippen molar-refractivity contribution < 1.29 is 14.0 Å². The molecule has 3 aromatic rings. The molecular weight excluding hydrogens is 328 g/mol. The van der Waals surface area contributed by atoms with E-state index in [4.69, 9.17) is 4.42 Å². The SMILES string of the molecule is CNC(=O)c1ccc(NC(=O)c2oc3c(C)ccc(C)c3c2C)c(C)c1. The van der Waals surface area contributed by atoms with E-state index in [1.165, 1.54) is 0 Å². The average Bonchev–Trinajstić information content (AvgIpc) is 2.98. The van der Waals surface area contributed by atoms with Gasteiger partial charge in [0.2, 0.25) is 0 Å². The second kappa shape index (κ2) is 6.67. The fourth-order valence-electron chi connectivity index (χ4n) is 3.16. The molecule has 0 aliphatic rings. The van der Waals surface area contributed by atoms with Crippen LogP contribution in [0.3, 0.4) is 0 Å². The van der Waals surface area contributed by atoms with Gasteiger partial charge in [-0.15, -0.1) is 0 Å². The summed E-state index contributed by atoms with van der Waals surface area (Å²) >= 11 is 0. The summed E-state index contributed by atoms with van der Waals surface area (Å²) in [5.41, 5.74) is 5.67. The van der Waals surface area contributed by atoms with Crippen LogP contribution in [0.15, 0.2) is 34.7 Å². The molecule has 2 N–H and O–H groups in total. The summed E-state index contributed by atoms with van der Waals surface area (Å²) in [7, 11) is 1.59. The number of fused-ring (bicyclic) bond motifs is 1. The zero-order valence-corrected chi connectivity index (χ0v) is 15.6. The summed E-state index contributed by atoms with van der Waals surface area (Å²) in [6.07, 6.45) is 0. The van der Waals surface area contributed by atoms with Crippen LogP contribution in [0.25, 0.3) is 11.0 Å². The Morgan fingerprint density at radius 3 is 2.19 bits per heavy atom. The largest absolute Gasteiger partial charge is 0.450 e. The lowest BCUT2D eigenvalue weighted by atomic mass is 10.0. The van der Waals surface area contributed by atoms with E-state index in [0.29, 0.717) is 17.0 Å². The molecule has 0 spiro atoms. The van der Waals surface area contributed by atoms with Gasteiger partial charge in [-0.3, -0.25) is 9.59 Å². The molecule has 0 radical (unpaired) electrons. The zero-order valence-electron chi connectivity index (χ0n) is 15.6. The predicted octanol–water partition coefficient (Wildman–Crippen LogP) is 4.28. The molecule has 1 heterocycles. The van der Waals surface area contributed by atoms with Gasteiger partial charge in [0, 0.05) is 29.2 Å². The monoisotopic (exact) mass is 350 g/mol. The number of carbonyl (C=O) groups is 2. The van der Waals surface area contributed by atoms with Gasteiger partial charge in [0.15, 0.2) is 5.76 Å². The fraction of sp³-hybridized carbons (Fsp3) is 0.238. The van der Waals surface area contributed by atoms with Gasteiger partial charge in [-0.1, -0.05) is 12.1 Å². The van der Waals surface area contributed by atoms with Crippen LogP contribution in [0.4, 0.5) is 5.69 Å². The van der Waals surface area contributed by atoms with Gasteiger partial charge in [-0.2, -0.15) is 0 Å². The number of benzene rings is 2. The minimum Gasteiger partial charge on any atom is -0.450 e. The lowest BCUT2D eigenvalue weighted by Gasteiger charge is -2.09. The van der Waals surface area contributed by atoms with Gasteiger partial charge in [0.05, 0.1) is 0 Å². The fourth-order valence-corrected chi connectivity index (χ4v) is 3.16. The van der Waals surface area contributed by atoms with Crippen molar-refractivity contribution in [3.8, 4) is 0 Å². The minimum atomic E-state index is -0.298. The third-order valence-electron chi connectivity index (χ3n) is 4.65. The quantitative estimate of drug-likeness (QED) is 0.741. The number of carbonyl (C=O) groups excluding carboxylic acids is 2. The Balaban J connectivity index is 1.95. The molecule has 0 fully saturated rings. The molecule has 2 amide bonds. The lowest BCUT2D eigenvalue weighted by molar-refractivity contribution is 0.0962. The number of rotatable bonds is 3. The second-order valence-electron chi connectivity index (χ2n) is 6.52. The molecule has 26 heavy (non-hydrogen) atoms. The summed E-state index contributed by atoms with van der Waals surface area (Å²) in [4.78, 5) is 24.5. The molecule has 0 unspecified atom stereocenters. The van der Waals surface area contributed by atoms with E-state index in [1.54, 1.807) is 25.2 Å². The van der Waals surface area contributed by atoms with Crippen LogP contribution in [0, 0.1) is 27.7 Å². The van der Waals surface area contributed by atoms with Gasteiger partial charge in [-0.05, 0) is 62.6 Å². The zero-order chi connectivity index (χ0) is 19.0. The predicted molar refractivity (Wildman–Crippen MR) is 103 cm³/mol. The highest BCUT2D eigenvalue weighted by Gasteiger charge is 2.20. The molecule has 0 saturated heterocycles. The molecule has 2 aromatic carbocycles. The highest BCUT2D eigenvalue weighted by Crippen LogP contribution is 2.31. The lowest BCUT2D eigenvalue weighted by Crippen LogP contribution is -2.18. The van der Waals surface area contributed by atoms with Crippen LogP contribution in [0.1, 0.15) is 43.2 Å². The summed E-state index contributed by atoms with van der Waals surface area (Å²) < 4.78 is 5.89. The third-order valence-corrected chi connectivity index (χ3v) is 4.65. The van der Waals surface area contributed by atoms with Gasteiger partial charge >= 0.3 is 0 Å². The molecule has 0 atom stereocenters. The highest BCUT2D eigenvalue weighted by atomic mass is 16.3. The first-order chi connectivity index (χ1) is 12.3. The summed E-state index contributed by atoms with van der Waals surface area (Å²) in [5.74, 6) is -0.148. The molecule has 5 heteroatoms. The number of aryl methyl sites for hydroxylation is 4. The van der Waals surface area contributed by atoms with E-state index in [2.05, 4.69) is 10.6 Å². The number of hydrogen-bond acceptors (Lipinski definition) is 3. The molecule has 3 rings (SSSR count). The van der Waals surface area contributed by atoms with Crippen molar-refractivity contribution in [2.24, 2.45) is 0 Å². The van der Waals surface area contributed by atoms with E-state index in [9.17, 15) is 9.59 Å². The molecule has 0 aliphatic heterocycles. The van der Waals surface area contributed by atoms with Gasteiger partial charge in [0.25, 0.3) is 11.8 Å². The number of furan rings is 1. The second-order valence-corrected chi connectivity index (χ2v) is 6.52. The Morgan fingerprint density at radius 2 is 1.58 bits per heavy atom. The normalized spacial score (nSPS) is 10.8.